The quantitative estimate of drug-likeness (QED) is 0.367. The highest BCUT2D eigenvalue weighted by Gasteiger charge is 2.43. The Kier molecular flexibility index (Phi) is 5.68. The number of aliphatic hydroxyl groups excluding tert-OH is 1. The number of alkyl halides is 2. The third-order valence-electron chi connectivity index (χ3n) is 7.20. The number of aryl methyl sites for hydroxylation is 2. The van der Waals surface area contributed by atoms with Crippen LogP contribution >= 0.6 is 0 Å². The molecule has 200 valence electrons. The van der Waals surface area contributed by atoms with Gasteiger partial charge in [0.05, 0.1) is 23.1 Å². The van der Waals surface area contributed by atoms with Gasteiger partial charge in [-0.2, -0.15) is 8.78 Å². The van der Waals surface area contributed by atoms with Crippen molar-refractivity contribution in [2.45, 2.75) is 52.0 Å². The van der Waals surface area contributed by atoms with E-state index in [-0.39, 0.29) is 39.5 Å². The zero-order valence-electron chi connectivity index (χ0n) is 21.0. The highest BCUT2D eigenvalue weighted by Crippen LogP contribution is 2.50. The van der Waals surface area contributed by atoms with E-state index in [1.54, 1.807) is 0 Å². The van der Waals surface area contributed by atoms with Crippen molar-refractivity contribution in [2.75, 3.05) is 0 Å². The number of fused-ring (bicyclic) bond motifs is 9. The number of aromatic nitrogens is 4. The number of rotatable bonds is 5. The van der Waals surface area contributed by atoms with E-state index in [1.807, 2.05) is 28.8 Å². The number of para-hydroxylation sites is 2. The zero-order valence-corrected chi connectivity index (χ0v) is 21.0. The highest BCUT2D eigenvalue weighted by atomic mass is 19.3. The fourth-order valence-corrected chi connectivity index (χ4v) is 5.66. The van der Waals surface area contributed by atoms with E-state index in [0.717, 1.165) is 11.6 Å². The molecule has 4 aromatic rings. The van der Waals surface area contributed by atoms with Crippen LogP contribution in [-0.4, -0.2) is 49.0 Å². The number of carbonyl (C=O) groups is 2. The van der Waals surface area contributed by atoms with Gasteiger partial charge in [-0.05, 0) is 51.0 Å². The largest absolute Gasteiger partial charge is 0.432 e. The predicted octanol–water partition coefficient (Wildman–Crippen LogP) is 4.19. The minimum Gasteiger partial charge on any atom is -0.432 e. The Balaban J connectivity index is 1.68. The van der Waals surface area contributed by atoms with Crippen LogP contribution in [-0.2, 0) is 0 Å². The molecule has 4 heterocycles. The van der Waals surface area contributed by atoms with E-state index in [1.165, 1.54) is 20.8 Å². The lowest BCUT2D eigenvalue weighted by Gasteiger charge is -2.24. The summed E-state index contributed by atoms with van der Waals surface area (Å²) in [5.41, 5.74) is 1.98. The van der Waals surface area contributed by atoms with Crippen LogP contribution in [0.25, 0.3) is 22.2 Å². The number of halogens is 3. The van der Waals surface area contributed by atoms with Crippen LogP contribution in [0.15, 0.2) is 30.3 Å². The van der Waals surface area contributed by atoms with E-state index in [2.05, 4.69) is 20.0 Å². The number of ketones is 1. The minimum absolute atomic E-state index is 0.0269. The van der Waals surface area contributed by atoms with Gasteiger partial charge >= 0.3 is 6.61 Å². The fourth-order valence-electron chi connectivity index (χ4n) is 5.66. The monoisotopic (exact) mass is 537 g/mol. The number of nitrogens with one attached hydrogen (secondary N) is 1. The molecule has 3 atom stereocenters. The molecule has 2 N–H and O–H groups in total. The molecule has 2 bridgehead atoms. The summed E-state index contributed by atoms with van der Waals surface area (Å²) in [6.45, 7) is 0.963. The normalized spacial score (nSPS) is 18.5. The average molecular weight is 537 g/mol. The second-order valence-electron chi connectivity index (χ2n) is 9.64. The first-order chi connectivity index (χ1) is 18.6. The third-order valence-corrected chi connectivity index (χ3v) is 7.20. The maximum absolute atomic E-state index is 16.3. The maximum atomic E-state index is 16.3. The molecular weight excluding hydrogens is 515 g/mol. The van der Waals surface area contributed by atoms with Crippen molar-refractivity contribution in [1.29, 1.82) is 0 Å². The van der Waals surface area contributed by atoms with Crippen molar-refractivity contribution in [3.8, 4) is 16.9 Å². The summed E-state index contributed by atoms with van der Waals surface area (Å²) in [5.74, 6) is -2.89. The number of hydrogen-bond donors (Lipinski definition) is 2. The van der Waals surface area contributed by atoms with Gasteiger partial charge in [0, 0.05) is 28.1 Å². The van der Waals surface area contributed by atoms with E-state index >= 15 is 4.39 Å². The first-order valence-electron chi connectivity index (χ1n) is 12.2. The summed E-state index contributed by atoms with van der Waals surface area (Å²) in [6, 6.07) is 7.28. The number of hydrogen-bond acceptors (Lipinski definition) is 7. The van der Waals surface area contributed by atoms with Crippen LogP contribution in [0.3, 0.4) is 0 Å². The van der Waals surface area contributed by atoms with Gasteiger partial charge < -0.3 is 19.7 Å². The van der Waals surface area contributed by atoms with Gasteiger partial charge in [0.15, 0.2) is 17.4 Å². The summed E-state index contributed by atoms with van der Waals surface area (Å²) < 4.78 is 49.3. The Labute approximate surface area is 219 Å². The number of amides is 1. The van der Waals surface area contributed by atoms with Gasteiger partial charge in [-0.1, -0.05) is 12.1 Å². The maximum Gasteiger partial charge on any atom is 0.387 e. The van der Waals surface area contributed by atoms with Crippen LogP contribution in [0.4, 0.5) is 13.2 Å². The highest BCUT2D eigenvalue weighted by molar-refractivity contribution is 6.00. The SMILES string of the molecule is Cc1nc(C(=O)C(C)O)nc(C)c1-c1c(F)c(OC(F)F)cc2c1[C@H]1C[C@@H](NC2=O)c2nc3ccccc3n21. The minimum atomic E-state index is -3.34. The summed E-state index contributed by atoms with van der Waals surface area (Å²) in [5, 5.41) is 12.6. The Morgan fingerprint density at radius 3 is 2.51 bits per heavy atom. The lowest BCUT2D eigenvalue weighted by atomic mass is 9.87. The molecule has 2 aromatic carbocycles. The lowest BCUT2D eigenvalue weighted by Crippen LogP contribution is -2.28. The molecule has 12 heteroatoms. The van der Waals surface area contributed by atoms with Crippen molar-refractivity contribution in [2.24, 2.45) is 0 Å². The van der Waals surface area contributed by atoms with E-state index in [0.29, 0.717) is 17.8 Å². The predicted molar refractivity (Wildman–Crippen MR) is 132 cm³/mol. The van der Waals surface area contributed by atoms with Crippen LogP contribution in [0.2, 0.25) is 0 Å². The molecule has 2 aliphatic rings. The van der Waals surface area contributed by atoms with Gasteiger partial charge in [0.2, 0.25) is 5.78 Å². The molecule has 9 nitrogen and oxygen atoms in total. The molecule has 0 saturated carbocycles. The van der Waals surface area contributed by atoms with Gasteiger partial charge in [-0.15, -0.1) is 0 Å². The smallest absolute Gasteiger partial charge is 0.387 e. The van der Waals surface area contributed by atoms with E-state index in [4.69, 9.17) is 4.98 Å². The summed E-state index contributed by atoms with van der Waals surface area (Å²) in [6.07, 6.45) is -1.01. The molecule has 2 aliphatic heterocycles. The fraction of sp³-hybridized carbons (Fsp3) is 0.296. The molecule has 2 aromatic heterocycles. The Morgan fingerprint density at radius 1 is 1.15 bits per heavy atom. The molecule has 0 aliphatic carbocycles. The second-order valence-corrected chi connectivity index (χ2v) is 9.64. The van der Waals surface area contributed by atoms with Gasteiger partial charge in [0.1, 0.15) is 11.9 Å². The van der Waals surface area contributed by atoms with Crippen LogP contribution in [0.1, 0.15) is 69.2 Å². The Bertz CT molecular complexity index is 1680. The van der Waals surface area contributed by atoms with Crippen LogP contribution < -0.4 is 10.1 Å². The molecule has 0 radical (unpaired) electrons. The first kappa shape index (κ1) is 25.0. The summed E-state index contributed by atoms with van der Waals surface area (Å²) in [4.78, 5) is 38.9. The number of Topliss-reactive ketones (excluding diaryl/α,β-unsaturated/α-hetero) is 1. The van der Waals surface area contributed by atoms with Crippen molar-refractivity contribution in [3.63, 3.8) is 0 Å². The molecule has 1 amide bonds. The van der Waals surface area contributed by atoms with Crippen molar-refractivity contribution in [1.82, 2.24) is 24.8 Å². The molecule has 39 heavy (non-hydrogen) atoms. The van der Waals surface area contributed by atoms with Gasteiger partial charge in [-0.25, -0.2) is 19.3 Å². The number of benzene rings is 2. The van der Waals surface area contributed by atoms with Gasteiger partial charge in [0.25, 0.3) is 5.91 Å². The van der Waals surface area contributed by atoms with Crippen LogP contribution in [0.5, 0.6) is 5.75 Å². The second kappa shape index (κ2) is 8.87. The average Bonchev–Trinajstić information content (AvgIpc) is 3.37. The summed E-state index contributed by atoms with van der Waals surface area (Å²) in [7, 11) is 0. The zero-order chi connectivity index (χ0) is 27.7. The van der Waals surface area contributed by atoms with Crippen molar-refractivity contribution in [3.05, 3.63) is 70.3 Å². The Morgan fingerprint density at radius 2 is 1.85 bits per heavy atom. The van der Waals surface area contributed by atoms with Crippen molar-refractivity contribution < 1.29 is 32.6 Å². The molecule has 0 spiro atoms. The molecule has 6 rings (SSSR count). The number of aliphatic hydroxyl groups is 1. The third kappa shape index (κ3) is 3.77. The number of carbonyl (C=O) groups excluding carboxylic acids is 2. The molecular formula is C27H22F3N5O4. The van der Waals surface area contributed by atoms with Crippen molar-refractivity contribution >= 4 is 22.7 Å². The van der Waals surface area contributed by atoms with Crippen LogP contribution in [0, 0.1) is 19.7 Å². The molecule has 1 unspecified atom stereocenters. The Hall–Kier alpha value is -4.32. The topological polar surface area (TPSA) is 119 Å². The van der Waals surface area contributed by atoms with Gasteiger partial charge in [-0.3, -0.25) is 9.59 Å². The molecule has 0 saturated heterocycles. The standard InChI is InChI=1S/C27H22F3N5O4/c1-10-19(11(2)32-24(31-10)23(37)12(3)36)21-20-13(8-18(22(21)28)39-27(29)30)26(38)34-15-9-17(20)35-16-7-5-4-6-14(16)33-25(15)35/h4-8,12,15,17,27,36H,9H2,1-3H3,(H,34,38)/t12?,15-,17-/m1/s1. The lowest BCUT2D eigenvalue weighted by molar-refractivity contribution is -0.0521. The first-order valence-corrected chi connectivity index (χ1v) is 12.2. The van der Waals surface area contributed by atoms with E-state index < -0.39 is 48.1 Å². The number of nitrogens with zero attached hydrogens (tertiary/aromatic N) is 4. The van der Waals surface area contributed by atoms with E-state index in [9.17, 15) is 23.5 Å². The number of ether oxygens (including phenoxy) is 1. The summed E-state index contributed by atoms with van der Waals surface area (Å²) >= 11 is 0. The molecule has 0 fully saturated rings. The number of imidazole rings is 1.